The van der Waals surface area contributed by atoms with Crippen molar-refractivity contribution in [2.75, 3.05) is 0 Å². The van der Waals surface area contributed by atoms with Gasteiger partial charge in [0.2, 0.25) is 17.7 Å². The molecule has 3 aromatic rings. The first-order valence-corrected chi connectivity index (χ1v) is 14.2. The molecule has 230 valence electrons. The van der Waals surface area contributed by atoms with E-state index >= 15 is 0 Å². The predicted molar refractivity (Wildman–Crippen MR) is 160 cm³/mol. The number of amides is 3. The summed E-state index contributed by atoms with van der Waals surface area (Å²) in [5.41, 5.74) is 8.67. The summed E-state index contributed by atoms with van der Waals surface area (Å²) in [6.07, 6.45) is 1.77. The maximum atomic E-state index is 13.7. The summed E-state index contributed by atoms with van der Waals surface area (Å²) >= 11 is 0. The largest absolute Gasteiger partial charge is 0.481 e. The molecule has 0 saturated heterocycles. The van der Waals surface area contributed by atoms with E-state index in [9.17, 15) is 29.1 Å². The summed E-state index contributed by atoms with van der Waals surface area (Å²) in [4.78, 5) is 66.0. The molecule has 0 saturated carbocycles. The third-order valence-electron chi connectivity index (χ3n) is 7.42. The van der Waals surface area contributed by atoms with Crippen LogP contribution in [0.3, 0.4) is 0 Å². The van der Waals surface area contributed by atoms with Crippen LogP contribution in [-0.4, -0.2) is 69.0 Å². The van der Waals surface area contributed by atoms with Crippen LogP contribution in [0, 0.1) is 5.92 Å². The zero-order valence-electron chi connectivity index (χ0n) is 24.2. The normalized spacial score (nSPS) is 14.6. The smallest absolute Gasteiger partial charge is 0.326 e. The third kappa shape index (κ3) is 9.40. The quantitative estimate of drug-likeness (QED) is 0.130. The molecule has 5 unspecified atom stereocenters. The van der Waals surface area contributed by atoms with Gasteiger partial charge in [-0.05, 0) is 36.0 Å². The van der Waals surface area contributed by atoms with Crippen LogP contribution in [0.5, 0.6) is 0 Å². The van der Waals surface area contributed by atoms with Gasteiger partial charge in [0, 0.05) is 29.9 Å². The fourth-order valence-electron chi connectivity index (χ4n) is 4.71. The molecule has 2 aromatic carbocycles. The zero-order valence-corrected chi connectivity index (χ0v) is 24.2. The van der Waals surface area contributed by atoms with Crippen LogP contribution in [0.4, 0.5) is 0 Å². The molecule has 0 aliphatic heterocycles. The van der Waals surface area contributed by atoms with Crippen LogP contribution in [-0.2, 0) is 36.8 Å². The van der Waals surface area contributed by atoms with Crippen LogP contribution >= 0.6 is 0 Å². The van der Waals surface area contributed by atoms with Gasteiger partial charge in [-0.3, -0.25) is 19.2 Å². The number of aliphatic carboxylic acids is 2. The Bertz CT molecular complexity index is 1420. The number of aromatic amines is 1. The minimum Gasteiger partial charge on any atom is -0.481 e. The minimum atomic E-state index is -1.45. The second-order valence-corrected chi connectivity index (χ2v) is 10.6. The summed E-state index contributed by atoms with van der Waals surface area (Å²) in [5.74, 6) is -4.97. The van der Waals surface area contributed by atoms with Gasteiger partial charge in [-0.25, -0.2) is 4.79 Å². The van der Waals surface area contributed by atoms with Gasteiger partial charge in [0.1, 0.15) is 18.1 Å². The zero-order chi connectivity index (χ0) is 31.5. The van der Waals surface area contributed by atoms with Crippen LogP contribution in [0.15, 0.2) is 60.8 Å². The van der Waals surface area contributed by atoms with E-state index in [4.69, 9.17) is 10.8 Å². The summed E-state index contributed by atoms with van der Waals surface area (Å²) < 4.78 is 0. The van der Waals surface area contributed by atoms with E-state index in [-0.39, 0.29) is 19.3 Å². The van der Waals surface area contributed by atoms with Gasteiger partial charge < -0.3 is 36.9 Å². The lowest BCUT2D eigenvalue weighted by molar-refractivity contribution is -0.143. The number of carbonyl (C=O) groups excluding carboxylic acids is 3. The van der Waals surface area contributed by atoms with Crippen LogP contribution in [0.2, 0.25) is 0 Å². The highest BCUT2D eigenvalue weighted by Crippen LogP contribution is 2.20. The van der Waals surface area contributed by atoms with Crippen molar-refractivity contribution in [3.05, 3.63) is 71.9 Å². The second-order valence-electron chi connectivity index (χ2n) is 10.6. The SMILES string of the molecule is CCC(C)C(NC(=O)C(Cc1c[nH]c2ccccc12)NC(=O)C(N)Cc1ccccc1)C(=O)NC(CCC(=O)O)C(=O)O. The molecule has 12 heteroatoms. The first-order chi connectivity index (χ1) is 20.5. The van der Waals surface area contributed by atoms with Crippen molar-refractivity contribution >= 4 is 40.6 Å². The number of carboxylic acids is 2. The summed E-state index contributed by atoms with van der Waals surface area (Å²) in [5, 5.41) is 27.1. The number of benzene rings is 2. The van der Waals surface area contributed by atoms with Gasteiger partial charge >= 0.3 is 11.9 Å². The standard InChI is InChI=1S/C31H39N5O7/c1-3-18(2)27(30(41)34-24(31(42)43)13-14-26(37)38)36-29(40)25(16-20-17-33-23-12-8-7-11-21(20)23)35-28(39)22(32)15-19-9-5-4-6-10-19/h4-12,17-18,22,24-25,27,33H,3,13-16,32H2,1-2H3,(H,34,41)(H,35,39)(H,36,40)(H,37,38)(H,42,43). The number of hydrogen-bond donors (Lipinski definition) is 7. The lowest BCUT2D eigenvalue weighted by atomic mass is 9.96. The van der Waals surface area contributed by atoms with E-state index in [0.29, 0.717) is 6.42 Å². The van der Waals surface area contributed by atoms with E-state index in [1.165, 1.54) is 0 Å². The maximum Gasteiger partial charge on any atom is 0.326 e. The molecule has 3 amide bonds. The molecule has 0 aliphatic carbocycles. The highest BCUT2D eigenvalue weighted by atomic mass is 16.4. The molecule has 1 heterocycles. The van der Waals surface area contributed by atoms with E-state index in [1.54, 1.807) is 13.1 Å². The molecule has 43 heavy (non-hydrogen) atoms. The van der Waals surface area contributed by atoms with Crippen LogP contribution in [0.25, 0.3) is 10.9 Å². The first-order valence-electron chi connectivity index (χ1n) is 14.2. The lowest BCUT2D eigenvalue weighted by Gasteiger charge is -2.28. The Morgan fingerprint density at radius 3 is 2.14 bits per heavy atom. The Morgan fingerprint density at radius 1 is 0.837 bits per heavy atom. The number of nitrogens with one attached hydrogen (secondary N) is 4. The first kappa shape index (κ1) is 32.8. The van der Waals surface area contributed by atoms with Crippen molar-refractivity contribution in [1.82, 2.24) is 20.9 Å². The molecule has 1 aromatic heterocycles. The maximum absolute atomic E-state index is 13.7. The van der Waals surface area contributed by atoms with Gasteiger partial charge in [-0.15, -0.1) is 0 Å². The summed E-state index contributed by atoms with van der Waals surface area (Å²) in [6, 6.07) is 12.1. The van der Waals surface area contributed by atoms with Gasteiger partial charge in [0.15, 0.2) is 0 Å². The monoisotopic (exact) mass is 593 g/mol. The van der Waals surface area contributed by atoms with E-state index < -0.39 is 66.2 Å². The van der Waals surface area contributed by atoms with Crippen molar-refractivity contribution in [2.24, 2.45) is 11.7 Å². The van der Waals surface area contributed by atoms with Crippen molar-refractivity contribution in [3.8, 4) is 0 Å². The minimum absolute atomic E-state index is 0.0881. The molecule has 5 atom stereocenters. The summed E-state index contributed by atoms with van der Waals surface area (Å²) in [7, 11) is 0. The number of fused-ring (bicyclic) bond motifs is 1. The van der Waals surface area contributed by atoms with E-state index in [2.05, 4.69) is 20.9 Å². The van der Waals surface area contributed by atoms with Crippen LogP contribution in [0.1, 0.15) is 44.2 Å². The Kier molecular flexibility index (Phi) is 11.8. The van der Waals surface area contributed by atoms with Gasteiger partial charge in [-0.2, -0.15) is 0 Å². The Balaban J connectivity index is 1.83. The predicted octanol–water partition coefficient (Wildman–Crippen LogP) is 1.73. The molecule has 0 spiro atoms. The van der Waals surface area contributed by atoms with Crippen molar-refractivity contribution < 1.29 is 34.2 Å². The number of aromatic nitrogens is 1. The average Bonchev–Trinajstić information content (AvgIpc) is 3.39. The number of hydrogen-bond acceptors (Lipinski definition) is 6. The van der Waals surface area contributed by atoms with E-state index in [1.807, 2.05) is 61.5 Å². The molecule has 0 bridgehead atoms. The molecule has 3 rings (SSSR count). The van der Waals surface area contributed by atoms with Gasteiger partial charge in [0.25, 0.3) is 0 Å². The molecule has 0 aliphatic rings. The number of carboxylic acid groups (broad SMARTS) is 2. The lowest BCUT2D eigenvalue weighted by Crippen LogP contribution is -2.59. The van der Waals surface area contributed by atoms with Crippen molar-refractivity contribution in [3.63, 3.8) is 0 Å². The third-order valence-corrected chi connectivity index (χ3v) is 7.42. The number of rotatable bonds is 16. The molecule has 8 N–H and O–H groups in total. The number of nitrogens with two attached hydrogens (primary N) is 1. The highest BCUT2D eigenvalue weighted by molar-refractivity contribution is 5.95. The molecular weight excluding hydrogens is 554 g/mol. The Morgan fingerprint density at radius 2 is 1.49 bits per heavy atom. The number of para-hydroxylation sites is 1. The van der Waals surface area contributed by atoms with Gasteiger partial charge in [0.05, 0.1) is 6.04 Å². The highest BCUT2D eigenvalue weighted by Gasteiger charge is 2.33. The topological polar surface area (TPSA) is 204 Å². The molecular formula is C31H39N5O7. The Hall–Kier alpha value is -4.71. The average molecular weight is 594 g/mol. The molecule has 0 radical (unpaired) electrons. The fourth-order valence-corrected chi connectivity index (χ4v) is 4.71. The van der Waals surface area contributed by atoms with E-state index in [0.717, 1.165) is 22.0 Å². The van der Waals surface area contributed by atoms with Gasteiger partial charge in [-0.1, -0.05) is 68.8 Å². The molecule has 12 nitrogen and oxygen atoms in total. The number of carbonyl (C=O) groups is 5. The second kappa shape index (κ2) is 15.5. The fraction of sp³-hybridized carbons (Fsp3) is 0.387. The van der Waals surface area contributed by atoms with Crippen molar-refractivity contribution in [1.29, 1.82) is 0 Å². The number of H-pyrrole nitrogens is 1. The molecule has 0 fully saturated rings. The van der Waals surface area contributed by atoms with Crippen molar-refractivity contribution in [2.45, 2.75) is 70.1 Å². The Labute approximate surface area is 249 Å². The summed E-state index contributed by atoms with van der Waals surface area (Å²) in [6.45, 7) is 3.53. The van der Waals surface area contributed by atoms with Crippen LogP contribution < -0.4 is 21.7 Å².